The SMILES string of the molecule is O=C(CCC(=O)OCC1CCCCC1)OCCCCCCCCCCCl. The van der Waals surface area contributed by atoms with Crippen molar-refractivity contribution in [1.29, 1.82) is 0 Å². The summed E-state index contributed by atoms with van der Waals surface area (Å²) >= 11 is 5.64. The molecular formula is C21H37ClO4. The van der Waals surface area contributed by atoms with Crippen molar-refractivity contribution in [3.8, 4) is 0 Å². The van der Waals surface area contributed by atoms with E-state index in [-0.39, 0.29) is 24.8 Å². The molecule has 0 N–H and O–H groups in total. The van der Waals surface area contributed by atoms with Gasteiger partial charge in [-0.15, -0.1) is 11.6 Å². The second-order valence-electron chi connectivity index (χ2n) is 7.42. The van der Waals surface area contributed by atoms with Gasteiger partial charge in [-0.3, -0.25) is 9.59 Å². The Morgan fingerprint density at radius 3 is 1.88 bits per heavy atom. The molecule has 0 unspecified atom stereocenters. The van der Waals surface area contributed by atoms with E-state index in [4.69, 9.17) is 21.1 Å². The molecule has 0 heterocycles. The van der Waals surface area contributed by atoms with Crippen LogP contribution in [-0.2, 0) is 19.1 Å². The van der Waals surface area contributed by atoms with Crippen molar-refractivity contribution in [3.63, 3.8) is 0 Å². The molecule has 152 valence electrons. The number of rotatable bonds is 15. The average Bonchev–Trinajstić information content (AvgIpc) is 2.67. The Kier molecular flexibility index (Phi) is 14.7. The van der Waals surface area contributed by atoms with Gasteiger partial charge in [0.2, 0.25) is 0 Å². The second-order valence-corrected chi connectivity index (χ2v) is 7.80. The first-order chi connectivity index (χ1) is 12.7. The highest BCUT2D eigenvalue weighted by atomic mass is 35.5. The van der Waals surface area contributed by atoms with Gasteiger partial charge < -0.3 is 9.47 Å². The van der Waals surface area contributed by atoms with E-state index in [9.17, 15) is 9.59 Å². The van der Waals surface area contributed by atoms with Gasteiger partial charge in [0.15, 0.2) is 0 Å². The van der Waals surface area contributed by atoms with E-state index in [1.807, 2.05) is 0 Å². The molecule has 4 nitrogen and oxygen atoms in total. The lowest BCUT2D eigenvalue weighted by atomic mass is 9.90. The fraction of sp³-hybridized carbons (Fsp3) is 0.905. The van der Waals surface area contributed by atoms with Crippen LogP contribution in [0.1, 0.15) is 96.3 Å². The van der Waals surface area contributed by atoms with Crippen LogP contribution in [0, 0.1) is 5.92 Å². The highest BCUT2D eigenvalue weighted by molar-refractivity contribution is 6.17. The van der Waals surface area contributed by atoms with E-state index in [1.165, 1.54) is 51.4 Å². The van der Waals surface area contributed by atoms with Crippen molar-refractivity contribution >= 4 is 23.5 Å². The number of ether oxygens (including phenoxy) is 2. The predicted octanol–water partition coefficient (Wildman–Crippen LogP) is 5.79. The molecule has 0 radical (unpaired) electrons. The molecule has 1 rings (SSSR count). The molecule has 1 saturated carbocycles. The maximum Gasteiger partial charge on any atom is 0.306 e. The van der Waals surface area contributed by atoms with Crippen LogP contribution in [0.3, 0.4) is 0 Å². The van der Waals surface area contributed by atoms with Gasteiger partial charge in [0.1, 0.15) is 0 Å². The highest BCUT2D eigenvalue weighted by Gasteiger charge is 2.16. The van der Waals surface area contributed by atoms with E-state index in [0.717, 1.165) is 38.0 Å². The first kappa shape index (κ1) is 23.3. The zero-order valence-corrected chi connectivity index (χ0v) is 17.1. The monoisotopic (exact) mass is 388 g/mol. The summed E-state index contributed by atoms with van der Waals surface area (Å²) in [6, 6.07) is 0. The first-order valence-corrected chi connectivity index (χ1v) is 11.1. The van der Waals surface area contributed by atoms with E-state index in [0.29, 0.717) is 19.1 Å². The predicted molar refractivity (Wildman–Crippen MR) is 105 cm³/mol. The van der Waals surface area contributed by atoms with E-state index in [2.05, 4.69) is 0 Å². The molecule has 0 saturated heterocycles. The molecule has 1 fully saturated rings. The van der Waals surface area contributed by atoms with Gasteiger partial charge >= 0.3 is 11.9 Å². The van der Waals surface area contributed by atoms with Crippen molar-refractivity contribution < 1.29 is 19.1 Å². The van der Waals surface area contributed by atoms with E-state index >= 15 is 0 Å². The second kappa shape index (κ2) is 16.4. The van der Waals surface area contributed by atoms with Crippen LogP contribution < -0.4 is 0 Å². The van der Waals surface area contributed by atoms with Crippen molar-refractivity contribution in [3.05, 3.63) is 0 Å². The minimum Gasteiger partial charge on any atom is -0.466 e. The van der Waals surface area contributed by atoms with Crippen LogP contribution in [-0.4, -0.2) is 31.0 Å². The average molecular weight is 389 g/mol. The summed E-state index contributed by atoms with van der Waals surface area (Å²) in [5, 5.41) is 0. The van der Waals surface area contributed by atoms with Crippen LogP contribution in [0.2, 0.25) is 0 Å². The maximum absolute atomic E-state index is 11.7. The molecule has 0 spiro atoms. The summed E-state index contributed by atoms with van der Waals surface area (Å²) in [5.74, 6) is 0.714. The van der Waals surface area contributed by atoms with Gasteiger partial charge in [0.05, 0.1) is 26.1 Å². The number of halogens is 1. The summed E-state index contributed by atoms with van der Waals surface area (Å²) in [4.78, 5) is 23.3. The zero-order valence-electron chi connectivity index (χ0n) is 16.3. The Morgan fingerprint density at radius 2 is 1.27 bits per heavy atom. The third-order valence-corrected chi connectivity index (χ3v) is 5.30. The third-order valence-electron chi connectivity index (χ3n) is 5.03. The number of carbonyl (C=O) groups is 2. The lowest BCUT2D eigenvalue weighted by Crippen LogP contribution is -2.17. The van der Waals surface area contributed by atoms with Crippen LogP contribution in [0.4, 0.5) is 0 Å². The quantitative estimate of drug-likeness (QED) is 0.202. The van der Waals surface area contributed by atoms with Crippen LogP contribution >= 0.6 is 11.6 Å². The Morgan fingerprint density at radius 1 is 0.731 bits per heavy atom. The smallest absolute Gasteiger partial charge is 0.306 e. The molecule has 0 bridgehead atoms. The summed E-state index contributed by atoms with van der Waals surface area (Å²) in [5.41, 5.74) is 0. The number of hydrogen-bond donors (Lipinski definition) is 0. The number of esters is 2. The normalized spacial score (nSPS) is 15.0. The largest absolute Gasteiger partial charge is 0.466 e. The van der Waals surface area contributed by atoms with Gasteiger partial charge in [-0.2, -0.15) is 0 Å². The molecule has 1 aliphatic rings. The summed E-state index contributed by atoms with van der Waals surface area (Å²) < 4.78 is 10.5. The van der Waals surface area contributed by atoms with Gasteiger partial charge in [-0.25, -0.2) is 0 Å². The summed E-state index contributed by atoms with van der Waals surface area (Å²) in [6.45, 7) is 0.974. The van der Waals surface area contributed by atoms with Crippen LogP contribution in [0.25, 0.3) is 0 Å². The molecule has 0 aliphatic heterocycles. The molecule has 0 amide bonds. The standard InChI is InChI=1S/C21H37ClO4/c22-16-10-5-3-1-2-4-6-11-17-25-20(23)14-15-21(24)26-18-19-12-8-7-9-13-19/h19H,1-18H2. The topological polar surface area (TPSA) is 52.6 Å². The summed E-state index contributed by atoms with van der Waals surface area (Å²) in [7, 11) is 0. The lowest BCUT2D eigenvalue weighted by molar-refractivity contribution is -0.151. The molecule has 0 atom stereocenters. The molecule has 0 aromatic heterocycles. The Labute approximate surface area is 164 Å². The first-order valence-electron chi connectivity index (χ1n) is 10.6. The number of hydrogen-bond acceptors (Lipinski definition) is 4. The lowest BCUT2D eigenvalue weighted by Gasteiger charge is -2.20. The molecule has 0 aromatic rings. The van der Waals surface area contributed by atoms with Crippen molar-refractivity contribution in [2.75, 3.05) is 19.1 Å². The molecular weight excluding hydrogens is 352 g/mol. The zero-order chi connectivity index (χ0) is 18.9. The Hall–Kier alpha value is -0.770. The van der Waals surface area contributed by atoms with Gasteiger partial charge in [-0.1, -0.05) is 57.8 Å². The van der Waals surface area contributed by atoms with Crippen LogP contribution in [0.15, 0.2) is 0 Å². The molecule has 5 heteroatoms. The van der Waals surface area contributed by atoms with Crippen LogP contribution in [0.5, 0.6) is 0 Å². The fourth-order valence-electron chi connectivity index (χ4n) is 3.36. The molecule has 26 heavy (non-hydrogen) atoms. The summed E-state index contributed by atoms with van der Waals surface area (Å²) in [6.07, 6.45) is 15.6. The van der Waals surface area contributed by atoms with Gasteiger partial charge in [0, 0.05) is 5.88 Å². The minimum absolute atomic E-state index is 0.129. The number of carbonyl (C=O) groups excluding carboxylic acids is 2. The van der Waals surface area contributed by atoms with Crippen molar-refractivity contribution in [1.82, 2.24) is 0 Å². The number of unbranched alkanes of at least 4 members (excludes halogenated alkanes) is 7. The fourth-order valence-corrected chi connectivity index (χ4v) is 3.55. The minimum atomic E-state index is -0.291. The van der Waals surface area contributed by atoms with E-state index in [1.54, 1.807) is 0 Å². The van der Waals surface area contributed by atoms with Gasteiger partial charge in [0.25, 0.3) is 0 Å². The maximum atomic E-state index is 11.7. The van der Waals surface area contributed by atoms with Crippen molar-refractivity contribution in [2.24, 2.45) is 5.92 Å². The highest BCUT2D eigenvalue weighted by Crippen LogP contribution is 2.23. The molecule has 1 aliphatic carbocycles. The van der Waals surface area contributed by atoms with E-state index < -0.39 is 0 Å². The van der Waals surface area contributed by atoms with Crippen molar-refractivity contribution in [2.45, 2.75) is 96.3 Å². The molecule has 0 aromatic carbocycles. The Bertz CT molecular complexity index is 367. The Balaban J connectivity index is 1.86. The number of alkyl halides is 1. The third kappa shape index (κ3) is 13.4. The van der Waals surface area contributed by atoms with Gasteiger partial charge in [-0.05, 0) is 31.6 Å².